The van der Waals surface area contributed by atoms with Crippen molar-refractivity contribution in [1.29, 1.82) is 0 Å². The van der Waals surface area contributed by atoms with Crippen molar-refractivity contribution in [3.8, 4) is 0 Å². The van der Waals surface area contributed by atoms with Gasteiger partial charge in [-0.15, -0.1) is 0 Å². The number of hydrogen-bond donors (Lipinski definition) is 0. The number of Topliss-reactive ketones (excluding diaryl/α,β-unsaturated/α-hetero) is 1. The third-order valence-electron chi connectivity index (χ3n) is 10.1. The molecule has 5 aliphatic rings. The minimum atomic E-state index is -0.407. The third kappa shape index (κ3) is 2.54. The summed E-state index contributed by atoms with van der Waals surface area (Å²) in [5.41, 5.74) is -0.258. The van der Waals surface area contributed by atoms with Crippen LogP contribution in [0.5, 0.6) is 0 Å². The van der Waals surface area contributed by atoms with Gasteiger partial charge < -0.3 is 9.47 Å². The highest BCUT2D eigenvalue weighted by Crippen LogP contribution is 2.68. The molecule has 0 amide bonds. The Morgan fingerprint density at radius 2 is 1.86 bits per heavy atom. The fourth-order valence-electron chi connectivity index (χ4n) is 8.68. The first-order chi connectivity index (χ1) is 13.7. The average molecular weight is 403 g/mol. The molecule has 0 aromatic carbocycles. The molecule has 4 saturated carbocycles. The van der Waals surface area contributed by atoms with Gasteiger partial charge in [-0.05, 0) is 67.6 Å². The van der Waals surface area contributed by atoms with Crippen molar-refractivity contribution in [2.45, 2.75) is 84.8 Å². The lowest BCUT2D eigenvalue weighted by Crippen LogP contribution is -2.57. The molecule has 0 radical (unpaired) electrons. The zero-order valence-electron chi connectivity index (χ0n) is 18.1. The normalized spacial score (nSPS) is 53.4. The van der Waals surface area contributed by atoms with Crippen molar-refractivity contribution < 1.29 is 23.9 Å². The molecule has 0 aromatic rings. The molecule has 5 heteroatoms. The van der Waals surface area contributed by atoms with Gasteiger partial charge in [0.05, 0.1) is 5.92 Å². The van der Waals surface area contributed by atoms with Gasteiger partial charge in [0.25, 0.3) is 0 Å². The highest BCUT2D eigenvalue weighted by atomic mass is 16.6. The molecular weight excluding hydrogens is 368 g/mol. The van der Waals surface area contributed by atoms with Gasteiger partial charge in [-0.2, -0.15) is 0 Å². The fraction of sp³-hybridized carbons (Fsp3) is 0.875. The largest absolute Gasteiger partial charge is 0.463 e. The predicted molar refractivity (Wildman–Crippen MR) is 106 cm³/mol. The van der Waals surface area contributed by atoms with Crippen LogP contribution < -0.4 is 0 Å². The van der Waals surface area contributed by atoms with E-state index in [4.69, 9.17) is 9.47 Å². The zero-order valence-corrected chi connectivity index (χ0v) is 18.1. The van der Waals surface area contributed by atoms with Gasteiger partial charge in [0.15, 0.2) is 0 Å². The van der Waals surface area contributed by atoms with E-state index in [2.05, 4.69) is 13.8 Å². The Kier molecular flexibility index (Phi) is 4.25. The summed E-state index contributed by atoms with van der Waals surface area (Å²) >= 11 is 0. The highest BCUT2D eigenvalue weighted by molar-refractivity contribution is 5.89. The van der Waals surface area contributed by atoms with Gasteiger partial charge in [-0.1, -0.05) is 20.8 Å². The summed E-state index contributed by atoms with van der Waals surface area (Å²) in [7, 11) is 0. The van der Waals surface area contributed by atoms with Gasteiger partial charge in [0.2, 0.25) is 0 Å². The molecule has 160 valence electrons. The Hall–Kier alpha value is -1.39. The second-order valence-corrected chi connectivity index (χ2v) is 11.1. The van der Waals surface area contributed by atoms with Crippen molar-refractivity contribution in [2.24, 2.45) is 46.3 Å². The van der Waals surface area contributed by atoms with Gasteiger partial charge in [-0.3, -0.25) is 14.4 Å². The Labute approximate surface area is 173 Å². The summed E-state index contributed by atoms with van der Waals surface area (Å²) in [6.07, 6.45) is 6.66. The minimum absolute atomic E-state index is 0.0396. The summed E-state index contributed by atoms with van der Waals surface area (Å²) in [6.45, 7) is 7.99. The van der Waals surface area contributed by atoms with E-state index in [1.807, 2.05) is 6.92 Å². The summed E-state index contributed by atoms with van der Waals surface area (Å²) in [6, 6.07) is 0. The molecule has 29 heavy (non-hydrogen) atoms. The number of ketones is 1. The van der Waals surface area contributed by atoms with E-state index >= 15 is 0 Å². The van der Waals surface area contributed by atoms with Gasteiger partial charge in [0.1, 0.15) is 18.0 Å². The van der Waals surface area contributed by atoms with Crippen LogP contribution in [0.4, 0.5) is 0 Å². The Morgan fingerprint density at radius 1 is 1.10 bits per heavy atom. The monoisotopic (exact) mass is 402 g/mol. The van der Waals surface area contributed by atoms with Crippen molar-refractivity contribution in [1.82, 2.24) is 0 Å². The van der Waals surface area contributed by atoms with E-state index in [1.54, 1.807) is 0 Å². The van der Waals surface area contributed by atoms with Crippen molar-refractivity contribution >= 4 is 17.7 Å². The van der Waals surface area contributed by atoms with Crippen LogP contribution in [-0.4, -0.2) is 29.9 Å². The maximum Gasteiger partial charge on any atom is 0.309 e. The molecule has 1 heterocycles. The molecule has 4 aliphatic carbocycles. The van der Waals surface area contributed by atoms with Gasteiger partial charge in [-0.25, -0.2) is 0 Å². The first-order valence-electron chi connectivity index (χ1n) is 11.6. The van der Waals surface area contributed by atoms with Gasteiger partial charge >= 0.3 is 11.9 Å². The summed E-state index contributed by atoms with van der Waals surface area (Å²) < 4.78 is 11.3. The molecule has 0 N–H and O–H groups in total. The van der Waals surface area contributed by atoms with E-state index in [-0.39, 0.29) is 41.4 Å². The topological polar surface area (TPSA) is 69.7 Å². The Bertz CT molecular complexity index is 760. The van der Waals surface area contributed by atoms with E-state index in [9.17, 15) is 14.4 Å². The van der Waals surface area contributed by atoms with E-state index in [0.29, 0.717) is 35.9 Å². The number of rotatable bonds is 1. The maximum atomic E-state index is 13.6. The van der Waals surface area contributed by atoms with Crippen LogP contribution in [0.2, 0.25) is 0 Å². The van der Waals surface area contributed by atoms with Crippen LogP contribution in [-0.2, 0) is 23.9 Å². The molecule has 0 bridgehead atoms. The summed E-state index contributed by atoms with van der Waals surface area (Å²) in [5.74, 6) is 1.77. The van der Waals surface area contributed by atoms with Crippen LogP contribution in [0.3, 0.4) is 0 Å². The standard InChI is InChI=1S/C24H34O5/c1-12-21-19(29-22(12)27)10-18-16-6-5-14-9-15(28-13(2)25)7-8-23(14,3)17(16)11-20(26)24(18,21)4/h12,14-19,21H,5-11H2,1-4H3/t12-,14+,15+,16-,17+,18+,19+,21+,23+,24-/m1/s1. The summed E-state index contributed by atoms with van der Waals surface area (Å²) in [5, 5.41) is 0. The molecule has 10 atom stereocenters. The highest BCUT2D eigenvalue weighted by Gasteiger charge is 2.69. The summed E-state index contributed by atoms with van der Waals surface area (Å²) in [4.78, 5) is 37.2. The average Bonchev–Trinajstić information content (AvgIpc) is 3.10. The van der Waals surface area contributed by atoms with Crippen LogP contribution in [0.1, 0.15) is 72.6 Å². The van der Waals surface area contributed by atoms with Crippen LogP contribution >= 0.6 is 0 Å². The SMILES string of the molecule is CC(=O)O[C@H]1CC[C@@]2(C)[C@@H](CC[C@@H]3[C@@H]2CC(=O)[C@]2(C)[C@@H]4[C@H](C[C@@H]32)OC(=O)[C@@H]4C)C1. The lowest BCUT2D eigenvalue weighted by Gasteiger charge is -2.60. The molecule has 5 rings (SSSR count). The lowest BCUT2D eigenvalue weighted by atomic mass is 9.44. The maximum absolute atomic E-state index is 13.6. The quantitative estimate of drug-likeness (QED) is 0.622. The van der Waals surface area contributed by atoms with Crippen molar-refractivity contribution in [3.63, 3.8) is 0 Å². The number of fused-ring (bicyclic) bond motifs is 7. The van der Waals surface area contributed by atoms with Crippen LogP contribution in [0.25, 0.3) is 0 Å². The molecule has 5 fully saturated rings. The van der Waals surface area contributed by atoms with Gasteiger partial charge in [0, 0.05) is 24.7 Å². The predicted octanol–water partition coefficient (Wildman–Crippen LogP) is 3.93. The minimum Gasteiger partial charge on any atom is -0.463 e. The lowest BCUT2D eigenvalue weighted by molar-refractivity contribution is -0.167. The molecule has 1 saturated heterocycles. The first kappa shape index (κ1) is 19.6. The van der Waals surface area contributed by atoms with E-state index in [1.165, 1.54) is 6.92 Å². The van der Waals surface area contributed by atoms with Crippen LogP contribution in [0.15, 0.2) is 0 Å². The number of carbonyl (C=O) groups is 3. The Morgan fingerprint density at radius 3 is 2.59 bits per heavy atom. The Balaban J connectivity index is 1.42. The third-order valence-corrected chi connectivity index (χ3v) is 10.1. The number of hydrogen-bond acceptors (Lipinski definition) is 5. The number of ether oxygens (including phenoxy) is 2. The van der Waals surface area contributed by atoms with Crippen molar-refractivity contribution in [2.75, 3.05) is 0 Å². The smallest absolute Gasteiger partial charge is 0.309 e. The van der Waals surface area contributed by atoms with E-state index < -0.39 is 5.41 Å². The number of esters is 2. The number of carbonyl (C=O) groups excluding carboxylic acids is 3. The molecular formula is C24H34O5. The molecule has 0 spiro atoms. The second-order valence-electron chi connectivity index (χ2n) is 11.1. The molecule has 5 nitrogen and oxygen atoms in total. The fourth-order valence-corrected chi connectivity index (χ4v) is 8.68. The van der Waals surface area contributed by atoms with Crippen LogP contribution in [0, 0.1) is 46.3 Å². The molecule has 0 unspecified atom stereocenters. The van der Waals surface area contributed by atoms with Crippen molar-refractivity contribution in [3.05, 3.63) is 0 Å². The second kappa shape index (κ2) is 6.31. The molecule has 1 aliphatic heterocycles. The zero-order chi connectivity index (χ0) is 20.7. The first-order valence-corrected chi connectivity index (χ1v) is 11.6. The molecule has 0 aromatic heterocycles. The van der Waals surface area contributed by atoms with E-state index in [0.717, 1.165) is 38.5 Å².